The van der Waals surface area contributed by atoms with Crippen LogP contribution in [-0.4, -0.2) is 0 Å². The summed E-state index contributed by atoms with van der Waals surface area (Å²) in [4.78, 5) is 0. The summed E-state index contributed by atoms with van der Waals surface area (Å²) in [5, 5.41) is 12.4. The summed E-state index contributed by atoms with van der Waals surface area (Å²) in [5.41, 5.74) is 7.56. The first-order valence-corrected chi connectivity index (χ1v) is 5.49. The Morgan fingerprint density at radius 3 is 2.56 bits per heavy atom. The van der Waals surface area contributed by atoms with Gasteiger partial charge in [0.15, 0.2) is 0 Å². The van der Waals surface area contributed by atoms with Crippen molar-refractivity contribution in [3.05, 3.63) is 52.8 Å². The third-order valence-electron chi connectivity index (χ3n) is 2.39. The van der Waals surface area contributed by atoms with Crippen LogP contribution in [0.2, 0.25) is 5.02 Å². The van der Waals surface area contributed by atoms with E-state index in [1.807, 2.05) is 6.07 Å². The van der Waals surface area contributed by atoms with Crippen LogP contribution in [-0.2, 0) is 0 Å². The van der Waals surface area contributed by atoms with Crippen molar-refractivity contribution in [1.82, 2.24) is 0 Å². The molecule has 90 valence electrons. The van der Waals surface area contributed by atoms with E-state index in [1.165, 1.54) is 12.1 Å². The van der Waals surface area contributed by atoms with Crippen molar-refractivity contribution in [1.29, 1.82) is 5.26 Å². The van der Waals surface area contributed by atoms with Crippen LogP contribution in [0, 0.1) is 17.1 Å². The minimum Gasteiger partial charge on any atom is -0.397 e. The molecule has 0 fully saturated rings. The summed E-state index contributed by atoms with van der Waals surface area (Å²) in [6, 6.07) is 10.8. The molecule has 0 atom stereocenters. The largest absolute Gasteiger partial charge is 0.397 e. The average Bonchev–Trinajstić information content (AvgIpc) is 2.34. The summed E-state index contributed by atoms with van der Waals surface area (Å²) >= 11 is 5.79. The van der Waals surface area contributed by atoms with Gasteiger partial charge in [-0.15, -0.1) is 0 Å². The van der Waals surface area contributed by atoms with E-state index in [0.29, 0.717) is 22.1 Å². The maximum atomic E-state index is 13.0. The molecule has 0 aliphatic carbocycles. The Hall–Kier alpha value is -2.25. The third kappa shape index (κ3) is 2.53. The number of nitriles is 1. The highest BCUT2D eigenvalue weighted by Gasteiger charge is 2.06. The predicted molar refractivity (Wildman–Crippen MR) is 70.3 cm³/mol. The number of hydrogen-bond donors (Lipinski definition) is 2. The van der Waals surface area contributed by atoms with Gasteiger partial charge in [0.05, 0.1) is 22.6 Å². The summed E-state index contributed by atoms with van der Waals surface area (Å²) in [5.74, 6) is -0.457. The highest BCUT2D eigenvalue weighted by atomic mass is 35.5. The maximum Gasteiger partial charge on any atom is 0.124 e. The third-order valence-corrected chi connectivity index (χ3v) is 2.62. The number of nitrogens with zero attached hydrogens (tertiary/aromatic N) is 1. The monoisotopic (exact) mass is 261 g/mol. The molecule has 0 aliphatic heterocycles. The Morgan fingerprint density at radius 1 is 1.17 bits per heavy atom. The van der Waals surface area contributed by atoms with E-state index in [-0.39, 0.29) is 5.56 Å². The molecule has 0 saturated carbocycles. The van der Waals surface area contributed by atoms with Crippen LogP contribution in [0.4, 0.5) is 21.5 Å². The van der Waals surface area contributed by atoms with E-state index in [2.05, 4.69) is 5.32 Å². The summed E-state index contributed by atoms with van der Waals surface area (Å²) in [6.07, 6.45) is 0. The molecule has 3 N–H and O–H groups in total. The first-order chi connectivity index (χ1) is 8.60. The van der Waals surface area contributed by atoms with Gasteiger partial charge < -0.3 is 11.1 Å². The van der Waals surface area contributed by atoms with Gasteiger partial charge in [0.25, 0.3) is 0 Å². The van der Waals surface area contributed by atoms with Gasteiger partial charge in [0, 0.05) is 5.02 Å². The van der Waals surface area contributed by atoms with Crippen molar-refractivity contribution in [3.8, 4) is 6.07 Å². The lowest BCUT2D eigenvalue weighted by Crippen LogP contribution is -1.98. The minimum atomic E-state index is -0.457. The molecule has 0 unspecified atom stereocenters. The summed E-state index contributed by atoms with van der Waals surface area (Å²) in [7, 11) is 0. The lowest BCUT2D eigenvalue weighted by molar-refractivity contribution is 0.627. The molecule has 0 amide bonds. The first kappa shape index (κ1) is 12.2. The van der Waals surface area contributed by atoms with Gasteiger partial charge in [-0.1, -0.05) is 11.6 Å². The lowest BCUT2D eigenvalue weighted by Gasteiger charge is -2.10. The number of nitrogens with two attached hydrogens (primary N) is 1. The van der Waals surface area contributed by atoms with Crippen molar-refractivity contribution in [2.24, 2.45) is 0 Å². The fourth-order valence-electron chi connectivity index (χ4n) is 1.51. The average molecular weight is 262 g/mol. The molecule has 2 aromatic carbocycles. The zero-order valence-electron chi connectivity index (χ0n) is 9.24. The number of benzene rings is 2. The predicted octanol–water partition coefficient (Wildman–Crippen LogP) is 3.68. The fraction of sp³-hybridized carbons (Fsp3) is 0. The zero-order valence-corrected chi connectivity index (χ0v) is 10.0. The highest BCUT2D eigenvalue weighted by Crippen LogP contribution is 2.27. The van der Waals surface area contributed by atoms with E-state index >= 15 is 0 Å². The molecule has 0 aliphatic rings. The second kappa shape index (κ2) is 4.94. The number of anilines is 3. The van der Waals surface area contributed by atoms with Crippen LogP contribution in [0.15, 0.2) is 36.4 Å². The summed E-state index contributed by atoms with van der Waals surface area (Å²) in [6.45, 7) is 0. The van der Waals surface area contributed by atoms with Crippen LogP contribution >= 0.6 is 11.6 Å². The molecule has 2 aromatic rings. The van der Waals surface area contributed by atoms with Gasteiger partial charge in [0.2, 0.25) is 0 Å². The van der Waals surface area contributed by atoms with Crippen molar-refractivity contribution < 1.29 is 4.39 Å². The van der Waals surface area contributed by atoms with Crippen LogP contribution in [0.3, 0.4) is 0 Å². The highest BCUT2D eigenvalue weighted by molar-refractivity contribution is 6.31. The molecule has 3 nitrogen and oxygen atoms in total. The zero-order chi connectivity index (χ0) is 13.1. The van der Waals surface area contributed by atoms with Crippen LogP contribution in [0.1, 0.15) is 5.56 Å². The molecule has 2 rings (SSSR count). The Kier molecular flexibility index (Phi) is 3.35. The number of nitrogens with one attached hydrogen (secondary N) is 1. The molecule has 0 saturated heterocycles. The second-order valence-electron chi connectivity index (χ2n) is 3.66. The van der Waals surface area contributed by atoms with E-state index in [1.54, 1.807) is 18.2 Å². The van der Waals surface area contributed by atoms with Crippen molar-refractivity contribution in [2.45, 2.75) is 0 Å². The standard InChI is InChI=1S/C13H9ClFN3/c14-9-1-3-13(11(17)6-9)18-12-4-2-10(15)5-8(12)7-16/h1-6,18H,17H2. The van der Waals surface area contributed by atoms with Gasteiger partial charge in [-0.3, -0.25) is 0 Å². The van der Waals surface area contributed by atoms with Gasteiger partial charge in [0.1, 0.15) is 11.9 Å². The maximum absolute atomic E-state index is 13.0. The molecule has 0 aromatic heterocycles. The van der Waals surface area contributed by atoms with Crippen molar-refractivity contribution in [2.75, 3.05) is 11.1 Å². The number of hydrogen-bond acceptors (Lipinski definition) is 3. The molecule has 0 heterocycles. The van der Waals surface area contributed by atoms with E-state index < -0.39 is 5.82 Å². The molecular formula is C13H9ClFN3. The SMILES string of the molecule is N#Cc1cc(F)ccc1Nc1ccc(Cl)cc1N. The van der Waals surface area contributed by atoms with Crippen LogP contribution in [0.25, 0.3) is 0 Å². The quantitative estimate of drug-likeness (QED) is 0.811. The molecule has 0 bridgehead atoms. The lowest BCUT2D eigenvalue weighted by atomic mass is 10.1. The smallest absolute Gasteiger partial charge is 0.124 e. The Labute approximate surface area is 109 Å². The van der Waals surface area contributed by atoms with Gasteiger partial charge in [-0.25, -0.2) is 4.39 Å². The van der Waals surface area contributed by atoms with Crippen molar-refractivity contribution >= 4 is 28.7 Å². The van der Waals surface area contributed by atoms with E-state index in [4.69, 9.17) is 22.6 Å². The molecule has 5 heteroatoms. The van der Waals surface area contributed by atoms with Crippen LogP contribution < -0.4 is 11.1 Å². The Bertz CT molecular complexity index is 635. The first-order valence-electron chi connectivity index (χ1n) is 5.12. The van der Waals surface area contributed by atoms with E-state index in [0.717, 1.165) is 6.07 Å². The number of halogens is 2. The minimum absolute atomic E-state index is 0.212. The van der Waals surface area contributed by atoms with Gasteiger partial charge in [-0.2, -0.15) is 5.26 Å². The summed E-state index contributed by atoms with van der Waals surface area (Å²) < 4.78 is 13.0. The van der Waals surface area contributed by atoms with E-state index in [9.17, 15) is 4.39 Å². The normalized spacial score (nSPS) is 9.83. The van der Waals surface area contributed by atoms with Crippen molar-refractivity contribution in [3.63, 3.8) is 0 Å². The Balaban J connectivity index is 2.37. The molecule has 18 heavy (non-hydrogen) atoms. The van der Waals surface area contributed by atoms with Gasteiger partial charge in [-0.05, 0) is 36.4 Å². The molecular weight excluding hydrogens is 253 g/mol. The Morgan fingerprint density at radius 2 is 1.89 bits per heavy atom. The fourth-order valence-corrected chi connectivity index (χ4v) is 1.69. The molecule has 0 radical (unpaired) electrons. The van der Waals surface area contributed by atoms with Crippen LogP contribution in [0.5, 0.6) is 0 Å². The number of nitrogen functional groups attached to an aromatic ring is 1. The number of rotatable bonds is 2. The molecule has 0 spiro atoms. The topological polar surface area (TPSA) is 61.8 Å². The second-order valence-corrected chi connectivity index (χ2v) is 4.09. The van der Waals surface area contributed by atoms with Gasteiger partial charge >= 0.3 is 0 Å².